The summed E-state index contributed by atoms with van der Waals surface area (Å²) in [6.45, 7) is 2.17. The standard InChI is InChI=1S/C19H18BNO4S/c1-2-13-6-8-14(9-7-13)11-17-18(22)21(19(23)26-17)12-15-4-3-5-16(10-15)20(24)25/h3-11,24-25H,2,12H2,1H3. The van der Waals surface area contributed by atoms with E-state index in [1.54, 1.807) is 30.3 Å². The van der Waals surface area contributed by atoms with Crippen LogP contribution in [0.3, 0.4) is 0 Å². The van der Waals surface area contributed by atoms with Crippen LogP contribution in [0, 0.1) is 0 Å². The van der Waals surface area contributed by atoms with Crippen LogP contribution in [0.4, 0.5) is 4.79 Å². The van der Waals surface area contributed by atoms with Gasteiger partial charge in [-0.15, -0.1) is 0 Å². The van der Waals surface area contributed by atoms with E-state index in [1.807, 2.05) is 24.3 Å². The molecule has 2 aromatic carbocycles. The van der Waals surface area contributed by atoms with E-state index in [9.17, 15) is 19.6 Å². The van der Waals surface area contributed by atoms with Crippen LogP contribution in [0.1, 0.15) is 23.6 Å². The van der Waals surface area contributed by atoms with Gasteiger partial charge in [-0.05, 0) is 46.4 Å². The average molecular weight is 367 g/mol. The highest BCUT2D eigenvalue weighted by Crippen LogP contribution is 2.33. The summed E-state index contributed by atoms with van der Waals surface area (Å²) in [5.74, 6) is -0.338. The van der Waals surface area contributed by atoms with Gasteiger partial charge in [0.2, 0.25) is 0 Å². The monoisotopic (exact) mass is 367 g/mol. The molecule has 2 amide bonds. The van der Waals surface area contributed by atoms with Crippen LogP contribution in [-0.2, 0) is 17.8 Å². The molecule has 132 valence electrons. The van der Waals surface area contributed by atoms with Crippen molar-refractivity contribution in [1.82, 2.24) is 4.90 Å². The van der Waals surface area contributed by atoms with Crippen molar-refractivity contribution in [3.63, 3.8) is 0 Å². The molecule has 1 saturated heterocycles. The SMILES string of the molecule is CCc1ccc(C=C2SC(=O)N(Cc3cccc(B(O)O)c3)C2=O)cc1. The number of carbonyl (C=O) groups is 2. The van der Waals surface area contributed by atoms with Gasteiger partial charge in [-0.2, -0.15) is 0 Å². The third kappa shape index (κ3) is 4.07. The predicted molar refractivity (Wildman–Crippen MR) is 104 cm³/mol. The van der Waals surface area contributed by atoms with Gasteiger partial charge in [-0.1, -0.05) is 55.5 Å². The summed E-state index contributed by atoms with van der Waals surface area (Å²) >= 11 is 0.916. The van der Waals surface area contributed by atoms with Crippen LogP contribution < -0.4 is 5.46 Å². The molecule has 0 aliphatic carbocycles. The molecule has 0 aromatic heterocycles. The number of amides is 2. The second kappa shape index (κ2) is 7.91. The molecular weight excluding hydrogens is 349 g/mol. The fourth-order valence-corrected chi connectivity index (χ4v) is 3.51. The normalized spacial score (nSPS) is 15.8. The number of imide groups is 1. The van der Waals surface area contributed by atoms with E-state index in [0.29, 0.717) is 15.9 Å². The highest BCUT2D eigenvalue weighted by Gasteiger charge is 2.35. The van der Waals surface area contributed by atoms with Crippen LogP contribution in [-0.4, -0.2) is 33.2 Å². The molecule has 1 heterocycles. The van der Waals surface area contributed by atoms with Crippen molar-refractivity contribution in [3.8, 4) is 0 Å². The molecule has 1 aliphatic rings. The zero-order chi connectivity index (χ0) is 18.7. The van der Waals surface area contributed by atoms with E-state index >= 15 is 0 Å². The van der Waals surface area contributed by atoms with Crippen LogP contribution in [0.5, 0.6) is 0 Å². The summed E-state index contributed by atoms with van der Waals surface area (Å²) in [6.07, 6.45) is 2.66. The Balaban J connectivity index is 1.78. The Bertz CT molecular complexity index is 864. The van der Waals surface area contributed by atoms with E-state index in [0.717, 1.165) is 23.7 Å². The second-order valence-corrected chi connectivity index (χ2v) is 6.97. The highest BCUT2D eigenvalue weighted by molar-refractivity contribution is 8.18. The van der Waals surface area contributed by atoms with Crippen LogP contribution in [0.2, 0.25) is 0 Å². The fraction of sp³-hybridized carbons (Fsp3) is 0.158. The summed E-state index contributed by atoms with van der Waals surface area (Å²) in [5, 5.41) is 18.2. The minimum atomic E-state index is -1.59. The lowest BCUT2D eigenvalue weighted by molar-refractivity contribution is -0.123. The van der Waals surface area contributed by atoms with Gasteiger partial charge in [0, 0.05) is 0 Å². The molecule has 3 rings (SSSR count). The molecular formula is C19H18BNO4S. The topological polar surface area (TPSA) is 77.8 Å². The predicted octanol–water partition coefficient (Wildman–Crippen LogP) is 2.17. The number of nitrogens with zero attached hydrogens (tertiary/aromatic N) is 1. The number of thioether (sulfide) groups is 1. The average Bonchev–Trinajstić information content (AvgIpc) is 2.90. The Kier molecular flexibility index (Phi) is 5.61. The lowest BCUT2D eigenvalue weighted by Crippen LogP contribution is -2.31. The minimum absolute atomic E-state index is 0.0946. The molecule has 7 heteroatoms. The minimum Gasteiger partial charge on any atom is -0.423 e. The van der Waals surface area contributed by atoms with E-state index in [2.05, 4.69) is 6.92 Å². The van der Waals surface area contributed by atoms with Crippen molar-refractivity contribution in [2.45, 2.75) is 19.9 Å². The van der Waals surface area contributed by atoms with E-state index in [-0.39, 0.29) is 17.7 Å². The lowest BCUT2D eigenvalue weighted by Gasteiger charge is -2.13. The van der Waals surface area contributed by atoms with Crippen molar-refractivity contribution < 1.29 is 19.6 Å². The molecule has 2 aromatic rings. The van der Waals surface area contributed by atoms with E-state index in [1.165, 1.54) is 10.5 Å². The molecule has 1 aliphatic heterocycles. The van der Waals surface area contributed by atoms with Gasteiger partial charge in [0.15, 0.2) is 0 Å². The maximum Gasteiger partial charge on any atom is 0.488 e. The molecule has 0 spiro atoms. The quantitative estimate of drug-likeness (QED) is 0.626. The first-order chi connectivity index (χ1) is 12.5. The van der Waals surface area contributed by atoms with Crippen LogP contribution >= 0.6 is 11.8 Å². The third-order valence-electron chi connectivity index (χ3n) is 4.15. The molecule has 0 atom stereocenters. The Hall–Kier alpha value is -2.35. The van der Waals surface area contributed by atoms with Crippen LogP contribution in [0.15, 0.2) is 53.4 Å². The molecule has 2 N–H and O–H groups in total. The Morgan fingerprint density at radius 2 is 1.81 bits per heavy atom. The number of aryl methyl sites for hydroxylation is 1. The number of hydrogen-bond acceptors (Lipinski definition) is 5. The first kappa shape index (κ1) is 18.4. The number of benzene rings is 2. The zero-order valence-electron chi connectivity index (χ0n) is 14.3. The van der Waals surface area contributed by atoms with Gasteiger partial charge in [0.25, 0.3) is 11.1 Å². The first-order valence-corrected chi connectivity index (χ1v) is 9.09. The van der Waals surface area contributed by atoms with Crippen molar-refractivity contribution in [2.24, 2.45) is 0 Å². The lowest BCUT2D eigenvalue weighted by atomic mass is 9.79. The van der Waals surface area contributed by atoms with Gasteiger partial charge in [-0.25, -0.2) is 0 Å². The molecule has 5 nitrogen and oxygen atoms in total. The van der Waals surface area contributed by atoms with Crippen molar-refractivity contribution in [3.05, 3.63) is 70.1 Å². The number of carbonyl (C=O) groups excluding carboxylic acids is 2. The molecule has 1 fully saturated rings. The molecule has 0 saturated carbocycles. The smallest absolute Gasteiger partial charge is 0.423 e. The van der Waals surface area contributed by atoms with Gasteiger partial charge >= 0.3 is 7.12 Å². The van der Waals surface area contributed by atoms with Gasteiger partial charge in [0.05, 0.1) is 11.4 Å². The summed E-state index contributed by atoms with van der Waals surface area (Å²) in [7, 11) is -1.59. The maximum atomic E-state index is 12.6. The van der Waals surface area contributed by atoms with Gasteiger partial charge in [-0.3, -0.25) is 14.5 Å². The van der Waals surface area contributed by atoms with Gasteiger partial charge < -0.3 is 10.0 Å². The maximum absolute atomic E-state index is 12.6. The summed E-state index contributed by atoms with van der Waals surface area (Å²) in [5.41, 5.74) is 3.06. The van der Waals surface area contributed by atoms with E-state index in [4.69, 9.17) is 0 Å². The third-order valence-corrected chi connectivity index (χ3v) is 5.06. The summed E-state index contributed by atoms with van der Waals surface area (Å²) in [4.78, 5) is 26.4. The number of hydrogen-bond donors (Lipinski definition) is 2. The van der Waals surface area contributed by atoms with Crippen molar-refractivity contribution >= 4 is 41.6 Å². The number of rotatable bonds is 5. The Morgan fingerprint density at radius 3 is 2.46 bits per heavy atom. The zero-order valence-corrected chi connectivity index (χ0v) is 15.1. The summed E-state index contributed by atoms with van der Waals surface area (Å²) in [6, 6.07) is 14.4. The molecule has 26 heavy (non-hydrogen) atoms. The van der Waals surface area contributed by atoms with Gasteiger partial charge in [0.1, 0.15) is 0 Å². The Labute approximate surface area is 156 Å². The fourth-order valence-electron chi connectivity index (χ4n) is 2.67. The van der Waals surface area contributed by atoms with Crippen LogP contribution in [0.25, 0.3) is 6.08 Å². The molecule has 0 radical (unpaired) electrons. The molecule has 0 unspecified atom stereocenters. The Morgan fingerprint density at radius 1 is 1.08 bits per heavy atom. The largest absolute Gasteiger partial charge is 0.488 e. The molecule has 0 bridgehead atoms. The summed E-state index contributed by atoms with van der Waals surface area (Å²) < 4.78 is 0. The van der Waals surface area contributed by atoms with E-state index < -0.39 is 7.12 Å². The van der Waals surface area contributed by atoms with Crippen molar-refractivity contribution in [1.29, 1.82) is 0 Å². The first-order valence-electron chi connectivity index (χ1n) is 8.27. The van der Waals surface area contributed by atoms with Crippen molar-refractivity contribution in [2.75, 3.05) is 0 Å². The highest BCUT2D eigenvalue weighted by atomic mass is 32.2. The second-order valence-electron chi connectivity index (χ2n) is 5.98.